The Balaban J connectivity index is 2.27. The van der Waals surface area contributed by atoms with Crippen LogP contribution in [0, 0.1) is 0 Å². The zero-order chi connectivity index (χ0) is 11.8. The fourth-order valence-electron chi connectivity index (χ4n) is 1.85. The lowest BCUT2D eigenvalue weighted by Crippen LogP contribution is -2.35. The van der Waals surface area contributed by atoms with Gasteiger partial charge in [0.25, 0.3) is 0 Å². The number of unbranched alkanes of at least 4 members (excludes halogenated alkanes) is 2. The average Bonchev–Trinajstić information content (AvgIpc) is 2.30. The number of halogens is 1. The first kappa shape index (κ1) is 14.5. The third kappa shape index (κ3) is 5.15. The van der Waals surface area contributed by atoms with E-state index in [-0.39, 0.29) is 12.4 Å². The van der Waals surface area contributed by atoms with E-state index in [1.807, 2.05) is 6.08 Å². The smallest absolute Gasteiger partial charge is 0.170 e. The Labute approximate surface area is 113 Å². The molecule has 1 rings (SSSR count). The highest BCUT2D eigenvalue weighted by atomic mass is 127. The van der Waals surface area contributed by atoms with E-state index in [2.05, 4.69) is 36.1 Å². The van der Waals surface area contributed by atoms with Gasteiger partial charge in [0.1, 0.15) is 0 Å². The van der Waals surface area contributed by atoms with Gasteiger partial charge in [0, 0.05) is 6.61 Å². The Morgan fingerprint density at radius 2 is 2.38 bits per heavy atom. The molecule has 0 bridgehead atoms. The van der Waals surface area contributed by atoms with Gasteiger partial charge in [-0.1, -0.05) is 54.9 Å². The normalized spacial score (nSPS) is 27.6. The number of hydrogen-bond donors (Lipinski definition) is 0. The summed E-state index contributed by atoms with van der Waals surface area (Å²) in [4.78, 5) is 0. The van der Waals surface area contributed by atoms with Gasteiger partial charge >= 0.3 is 0 Å². The highest BCUT2D eigenvalue weighted by Gasteiger charge is 2.26. The highest BCUT2D eigenvalue weighted by Crippen LogP contribution is 2.24. The summed E-state index contributed by atoms with van der Waals surface area (Å²) in [6, 6.07) is 0. The number of ether oxygens (including phenoxy) is 2. The summed E-state index contributed by atoms with van der Waals surface area (Å²) in [6.45, 7) is 6.90. The number of hydrogen-bond acceptors (Lipinski definition) is 2. The van der Waals surface area contributed by atoms with Crippen LogP contribution >= 0.6 is 22.6 Å². The number of alkyl halides is 1. The lowest BCUT2D eigenvalue weighted by atomic mass is 10.1. The van der Waals surface area contributed by atoms with E-state index >= 15 is 0 Å². The molecule has 0 aromatic heterocycles. The molecule has 2 nitrogen and oxygen atoms in total. The second kappa shape index (κ2) is 8.48. The van der Waals surface area contributed by atoms with E-state index in [4.69, 9.17) is 9.47 Å². The van der Waals surface area contributed by atoms with Crippen molar-refractivity contribution in [2.45, 2.75) is 61.8 Å². The molecule has 1 fully saturated rings. The van der Waals surface area contributed by atoms with Gasteiger partial charge in [-0.25, -0.2) is 0 Å². The Hall–Kier alpha value is 0.390. The third-order valence-electron chi connectivity index (χ3n) is 2.87. The topological polar surface area (TPSA) is 18.5 Å². The third-order valence-corrected chi connectivity index (χ3v) is 4.08. The van der Waals surface area contributed by atoms with Crippen molar-refractivity contribution < 1.29 is 9.47 Å². The fraction of sp³-hybridized carbons (Fsp3) is 0.846. The van der Waals surface area contributed by atoms with E-state index in [1.54, 1.807) is 0 Å². The Morgan fingerprint density at radius 1 is 1.56 bits per heavy atom. The molecule has 0 amide bonds. The molecule has 0 aromatic carbocycles. The second-order valence-electron chi connectivity index (χ2n) is 4.30. The predicted octanol–water partition coefficient (Wildman–Crippen LogP) is 4.08. The van der Waals surface area contributed by atoms with Gasteiger partial charge in [-0.3, -0.25) is 0 Å². The molecule has 1 saturated heterocycles. The number of rotatable bonds is 7. The van der Waals surface area contributed by atoms with Crippen molar-refractivity contribution in [2.75, 3.05) is 6.61 Å². The van der Waals surface area contributed by atoms with Gasteiger partial charge < -0.3 is 9.47 Å². The van der Waals surface area contributed by atoms with E-state index in [0.29, 0.717) is 3.92 Å². The molecule has 94 valence electrons. The van der Waals surface area contributed by atoms with Crippen molar-refractivity contribution in [2.24, 2.45) is 0 Å². The van der Waals surface area contributed by atoms with Gasteiger partial charge in [0.05, 0.1) is 10.0 Å². The van der Waals surface area contributed by atoms with Crippen molar-refractivity contribution in [3.63, 3.8) is 0 Å². The van der Waals surface area contributed by atoms with E-state index < -0.39 is 0 Å². The molecule has 3 unspecified atom stereocenters. The minimum atomic E-state index is -0.0287. The SMILES string of the molecule is C=CC(CCCCC)OC1OCCCC1I. The molecule has 3 heteroatoms. The first-order valence-corrected chi connectivity index (χ1v) is 7.56. The van der Waals surface area contributed by atoms with Crippen molar-refractivity contribution in [1.82, 2.24) is 0 Å². The molecular formula is C13H23IO2. The maximum Gasteiger partial charge on any atom is 0.170 e. The Morgan fingerprint density at radius 3 is 3.00 bits per heavy atom. The van der Waals surface area contributed by atoms with Crippen molar-refractivity contribution >= 4 is 22.6 Å². The van der Waals surface area contributed by atoms with Crippen LogP contribution in [-0.4, -0.2) is 22.9 Å². The van der Waals surface area contributed by atoms with Crippen molar-refractivity contribution in [3.8, 4) is 0 Å². The molecule has 0 saturated carbocycles. The van der Waals surface area contributed by atoms with Crippen molar-refractivity contribution in [1.29, 1.82) is 0 Å². The molecule has 0 aliphatic carbocycles. The molecule has 0 aromatic rings. The fourth-order valence-corrected chi connectivity index (χ4v) is 2.67. The maximum atomic E-state index is 5.95. The van der Waals surface area contributed by atoms with Crippen LogP contribution in [0.15, 0.2) is 12.7 Å². The van der Waals surface area contributed by atoms with Crippen LogP contribution in [0.25, 0.3) is 0 Å². The molecule has 0 spiro atoms. The van der Waals surface area contributed by atoms with Gasteiger partial charge in [0.15, 0.2) is 6.29 Å². The summed E-state index contributed by atoms with van der Waals surface area (Å²) in [5.41, 5.74) is 0. The van der Waals surface area contributed by atoms with Crippen LogP contribution in [0.5, 0.6) is 0 Å². The van der Waals surface area contributed by atoms with Gasteiger partial charge in [-0.05, 0) is 19.3 Å². The summed E-state index contributed by atoms with van der Waals surface area (Å²) in [5, 5.41) is 0. The predicted molar refractivity (Wildman–Crippen MR) is 76.0 cm³/mol. The first-order chi connectivity index (χ1) is 7.77. The standard InChI is InChI=1S/C13H23IO2/c1-3-5-6-8-11(4-2)16-13-12(14)9-7-10-15-13/h4,11-13H,2-3,5-10H2,1H3. The minimum Gasteiger partial charge on any atom is -0.352 e. The quantitative estimate of drug-likeness (QED) is 0.301. The van der Waals surface area contributed by atoms with Gasteiger partial charge in [-0.2, -0.15) is 0 Å². The van der Waals surface area contributed by atoms with E-state index in [9.17, 15) is 0 Å². The average molecular weight is 338 g/mol. The summed E-state index contributed by atoms with van der Waals surface area (Å²) >= 11 is 2.43. The Bertz CT molecular complexity index is 196. The molecular weight excluding hydrogens is 315 g/mol. The molecule has 3 atom stereocenters. The lowest BCUT2D eigenvalue weighted by molar-refractivity contribution is -0.172. The van der Waals surface area contributed by atoms with Crippen LogP contribution in [0.3, 0.4) is 0 Å². The Kier molecular flexibility index (Phi) is 7.66. The van der Waals surface area contributed by atoms with Crippen molar-refractivity contribution in [3.05, 3.63) is 12.7 Å². The zero-order valence-corrected chi connectivity index (χ0v) is 12.3. The largest absolute Gasteiger partial charge is 0.352 e. The molecule has 16 heavy (non-hydrogen) atoms. The van der Waals surface area contributed by atoms with Crippen LogP contribution in [0.4, 0.5) is 0 Å². The summed E-state index contributed by atoms with van der Waals surface area (Å²) < 4.78 is 12.1. The molecule has 0 radical (unpaired) electrons. The zero-order valence-electron chi connectivity index (χ0n) is 10.2. The van der Waals surface area contributed by atoms with Crippen LogP contribution in [0.1, 0.15) is 45.4 Å². The van der Waals surface area contributed by atoms with E-state index in [1.165, 1.54) is 25.7 Å². The van der Waals surface area contributed by atoms with E-state index in [0.717, 1.165) is 19.4 Å². The highest BCUT2D eigenvalue weighted by molar-refractivity contribution is 14.1. The second-order valence-corrected chi connectivity index (χ2v) is 5.90. The molecule has 1 aliphatic rings. The monoisotopic (exact) mass is 338 g/mol. The summed E-state index contributed by atoms with van der Waals surface area (Å²) in [7, 11) is 0. The maximum absolute atomic E-state index is 5.95. The van der Waals surface area contributed by atoms with Crippen LogP contribution in [0.2, 0.25) is 0 Å². The van der Waals surface area contributed by atoms with Crippen LogP contribution in [-0.2, 0) is 9.47 Å². The lowest BCUT2D eigenvalue weighted by Gasteiger charge is -2.30. The molecule has 1 aliphatic heterocycles. The minimum absolute atomic E-state index is 0.0287. The summed E-state index contributed by atoms with van der Waals surface area (Å²) in [5.74, 6) is 0. The van der Waals surface area contributed by atoms with Gasteiger partial charge in [-0.15, -0.1) is 6.58 Å². The molecule has 0 N–H and O–H groups in total. The van der Waals surface area contributed by atoms with Crippen LogP contribution < -0.4 is 0 Å². The first-order valence-electron chi connectivity index (χ1n) is 6.31. The summed E-state index contributed by atoms with van der Waals surface area (Å²) in [6.07, 6.45) is 9.20. The molecule has 1 heterocycles. The van der Waals surface area contributed by atoms with Gasteiger partial charge in [0.2, 0.25) is 0 Å².